The van der Waals surface area contributed by atoms with Crippen LogP contribution < -0.4 is 5.43 Å². The first-order valence-corrected chi connectivity index (χ1v) is 6.59. The Morgan fingerprint density at radius 2 is 2.00 bits per heavy atom. The van der Waals surface area contributed by atoms with Gasteiger partial charge in [-0.25, -0.2) is 0 Å². The monoisotopic (exact) mass is 305 g/mol. The molecule has 1 aromatic carbocycles. The molecule has 0 amide bonds. The van der Waals surface area contributed by atoms with Crippen molar-refractivity contribution in [1.82, 2.24) is 0 Å². The van der Waals surface area contributed by atoms with Crippen LogP contribution in [0.15, 0.2) is 33.5 Å². The standard InChI is InChI=1S/C15H15NO6/c1-15(2,3)22-14(18)8-10-7-12(17)11-6-9(16(19)20)4-5-13(11)21-10/h4-7H,8H2,1-3H3. The molecule has 116 valence electrons. The summed E-state index contributed by atoms with van der Waals surface area (Å²) in [5, 5.41) is 10.8. The normalized spacial score (nSPS) is 11.4. The second-order valence-electron chi connectivity index (χ2n) is 5.78. The molecular formula is C15H15NO6. The third-order valence-electron chi connectivity index (χ3n) is 2.71. The Bertz CT molecular complexity index is 800. The Kier molecular flexibility index (Phi) is 3.99. The van der Waals surface area contributed by atoms with Crippen LogP contribution in [0.2, 0.25) is 0 Å². The maximum Gasteiger partial charge on any atom is 0.314 e. The second kappa shape index (κ2) is 5.59. The lowest BCUT2D eigenvalue weighted by molar-refractivity contribution is -0.384. The number of benzene rings is 1. The number of fused-ring (bicyclic) bond motifs is 1. The lowest BCUT2D eigenvalue weighted by Gasteiger charge is -2.19. The quantitative estimate of drug-likeness (QED) is 0.491. The van der Waals surface area contributed by atoms with Gasteiger partial charge in [-0.3, -0.25) is 19.7 Å². The van der Waals surface area contributed by atoms with Gasteiger partial charge in [-0.1, -0.05) is 0 Å². The van der Waals surface area contributed by atoms with E-state index in [-0.39, 0.29) is 28.8 Å². The third kappa shape index (κ3) is 3.69. The van der Waals surface area contributed by atoms with Crippen molar-refractivity contribution in [3.8, 4) is 0 Å². The van der Waals surface area contributed by atoms with Gasteiger partial charge in [-0.15, -0.1) is 0 Å². The van der Waals surface area contributed by atoms with E-state index in [1.807, 2.05) is 0 Å². The average molecular weight is 305 g/mol. The number of carbonyl (C=O) groups excluding carboxylic acids is 1. The summed E-state index contributed by atoms with van der Waals surface area (Å²) in [5.41, 5.74) is -1.07. The highest BCUT2D eigenvalue weighted by molar-refractivity contribution is 5.80. The van der Waals surface area contributed by atoms with Gasteiger partial charge in [0.1, 0.15) is 23.4 Å². The molecule has 1 heterocycles. The van der Waals surface area contributed by atoms with Gasteiger partial charge in [0.2, 0.25) is 0 Å². The minimum absolute atomic E-state index is 0.0992. The van der Waals surface area contributed by atoms with E-state index in [9.17, 15) is 19.7 Å². The summed E-state index contributed by atoms with van der Waals surface area (Å²) in [6.07, 6.45) is -0.181. The zero-order valence-electron chi connectivity index (χ0n) is 12.4. The van der Waals surface area contributed by atoms with Crippen LogP contribution in [0.1, 0.15) is 26.5 Å². The van der Waals surface area contributed by atoms with E-state index < -0.39 is 21.9 Å². The molecule has 0 aliphatic rings. The fourth-order valence-electron chi connectivity index (χ4n) is 1.91. The number of nitro benzene ring substituents is 1. The summed E-state index contributed by atoms with van der Waals surface area (Å²) in [4.78, 5) is 33.9. The zero-order chi connectivity index (χ0) is 16.5. The van der Waals surface area contributed by atoms with E-state index in [0.717, 1.165) is 12.1 Å². The van der Waals surface area contributed by atoms with Gasteiger partial charge in [-0.2, -0.15) is 0 Å². The highest BCUT2D eigenvalue weighted by Gasteiger charge is 2.18. The molecule has 7 heteroatoms. The number of hydrogen-bond donors (Lipinski definition) is 0. The third-order valence-corrected chi connectivity index (χ3v) is 2.71. The molecule has 0 unspecified atom stereocenters. The van der Waals surface area contributed by atoms with Gasteiger partial charge >= 0.3 is 5.97 Å². The van der Waals surface area contributed by atoms with Gasteiger partial charge in [0.15, 0.2) is 5.43 Å². The van der Waals surface area contributed by atoms with Crippen molar-refractivity contribution in [2.24, 2.45) is 0 Å². The van der Waals surface area contributed by atoms with Crippen LogP contribution in [0, 0.1) is 10.1 Å². The van der Waals surface area contributed by atoms with Crippen molar-refractivity contribution < 1.29 is 18.9 Å². The number of nitrogens with zero attached hydrogens (tertiary/aromatic N) is 1. The van der Waals surface area contributed by atoms with Crippen molar-refractivity contribution >= 4 is 22.6 Å². The molecule has 0 spiro atoms. The summed E-state index contributed by atoms with van der Waals surface area (Å²) in [6.45, 7) is 5.21. The summed E-state index contributed by atoms with van der Waals surface area (Å²) >= 11 is 0. The molecule has 2 rings (SSSR count). The number of carbonyl (C=O) groups is 1. The van der Waals surface area contributed by atoms with Crippen LogP contribution in [-0.4, -0.2) is 16.5 Å². The molecule has 0 aliphatic carbocycles. The van der Waals surface area contributed by atoms with E-state index in [1.165, 1.54) is 12.1 Å². The average Bonchev–Trinajstić information content (AvgIpc) is 2.35. The van der Waals surface area contributed by atoms with E-state index >= 15 is 0 Å². The van der Waals surface area contributed by atoms with Crippen LogP contribution in [0.4, 0.5) is 5.69 Å². The molecule has 0 fully saturated rings. The largest absolute Gasteiger partial charge is 0.460 e. The first-order valence-electron chi connectivity index (χ1n) is 6.59. The molecule has 0 bridgehead atoms. The summed E-state index contributed by atoms with van der Waals surface area (Å²) in [7, 11) is 0. The molecule has 0 aliphatic heterocycles. The lowest BCUT2D eigenvalue weighted by Crippen LogP contribution is -2.25. The molecule has 0 saturated heterocycles. The number of ether oxygens (including phenoxy) is 1. The van der Waals surface area contributed by atoms with Gasteiger partial charge < -0.3 is 9.15 Å². The van der Waals surface area contributed by atoms with Crippen LogP contribution in [-0.2, 0) is 16.0 Å². The topological polar surface area (TPSA) is 99.7 Å². The fourth-order valence-corrected chi connectivity index (χ4v) is 1.91. The highest BCUT2D eigenvalue weighted by atomic mass is 16.6. The van der Waals surface area contributed by atoms with Crippen LogP contribution in [0.5, 0.6) is 0 Å². The summed E-state index contributed by atoms with van der Waals surface area (Å²) in [5.74, 6) is -0.363. The Morgan fingerprint density at radius 1 is 1.32 bits per heavy atom. The maximum atomic E-state index is 12.0. The van der Waals surface area contributed by atoms with Gasteiger partial charge in [-0.05, 0) is 26.8 Å². The molecule has 0 atom stereocenters. The molecule has 7 nitrogen and oxygen atoms in total. The molecule has 1 aromatic heterocycles. The van der Waals surface area contributed by atoms with Gasteiger partial charge in [0.05, 0.1) is 10.3 Å². The first-order chi connectivity index (χ1) is 10.2. The predicted molar refractivity (Wildman–Crippen MR) is 78.7 cm³/mol. The van der Waals surface area contributed by atoms with Gasteiger partial charge in [0.25, 0.3) is 5.69 Å². The number of nitro groups is 1. The summed E-state index contributed by atoms with van der Waals surface area (Å²) in [6, 6.07) is 4.88. The Balaban J connectivity index is 2.34. The van der Waals surface area contributed by atoms with Gasteiger partial charge in [0, 0.05) is 18.2 Å². The Labute approximate surface area is 125 Å². The molecule has 0 saturated carbocycles. The number of rotatable bonds is 3. The van der Waals surface area contributed by atoms with E-state index in [4.69, 9.17) is 9.15 Å². The van der Waals surface area contributed by atoms with Crippen LogP contribution in [0.25, 0.3) is 11.0 Å². The Morgan fingerprint density at radius 3 is 2.59 bits per heavy atom. The SMILES string of the molecule is CC(C)(C)OC(=O)Cc1cc(=O)c2cc([N+](=O)[O-])ccc2o1. The molecule has 0 radical (unpaired) electrons. The van der Waals surface area contributed by atoms with Crippen molar-refractivity contribution in [3.63, 3.8) is 0 Å². The maximum absolute atomic E-state index is 12.0. The molecule has 0 N–H and O–H groups in total. The first kappa shape index (κ1) is 15.7. The molecule has 22 heavy (non-hydrogen) atoms. The minimum Gasteiger partial charge on any atom is -0.460 e. The van der Waals surface area contributed by atoms with Crippen molar-refractivity contribution in [2.45, 2.75) is 32.8 Å². The van der Waals surface area contributed by atoms with E-state index in [2.05, 4.69) is 0 Å². The number of esters is 1. The highest BCUT2D eigenvalue weighted by Crippen LogP contribution is 2.20. The molecule has 2 aromatic rings. The van der Waals surface area contributed by atoms with Crippen molar-refractivity contribution in [3.05, 3.63) is 50.4 Å². The lowest BCUT2D eigenvalue weighted by atomic mass is 10.1. The smallest absolute Gasteiger partial charge is 0.314 e. The van der Waals surface area contributed by atoms with E-state index in [1.54, 1.807) is 20.8 Å². The zero-order valence-corrected chi connectivity index (χ0v) is 12.4. The second-order valence-corrected chi connectivity index (χ2v) is 5.78. The van der Waals surface area contributed by atoms with E-state index in [0.29, 0.717) is 0 Å². The number of non-ortho nitro benzene ring substituents is 1. The summed E-state index contributed by atoms with van der Waals surface area (Å²) < 4.78 is 10.6. The van der Waals surface area contributed by atoms with Crippen LogP contribution >= 0.6 is 0 Å². The fraction of sp³-hybridized carbons (Fsp3) is 0.333. The Hall–Kier alpha value is -2.70. The minimum atomic E-state index is -0.630. The molecular weight excluding hydrogens is 290 g/mol. The number of hydrogen-bond acceptors (Lipinski definition) is 6. The van der Waals surface area contributed by atoms with Crippen molar-refractivity contribution in [1.29, 1.82) is 0 Å². The van der Waals surface area contributed by atoms with Crippen LogP contribution in [0.3, 0.4) is 0 Å². The van der Waals surface area contributed by atoms with Crippen molar-refractivity contribution in [2.75, 3.05) is 0 Å². The predicted octanol–water partition coefficient (Wildman–Crippen LogP) is 2.59.